The van der Waals surface area contributed by atoms with E-state index in [-0.39, 0.29) is 24.4 Å². The molecule has 1 saturated carbocycles. The lowest BCUT2D eigenvalue weighted by atomic mass is 9.91. The van der Waals surface area contributed by atoms with Crippen molar-refractivity contribution < 1.29 is 9.53 Å². The summed E-state index contributed by atoms with van der Waals surface area (Å²) in [7, 11) is 1.87. The molecule has 0 radical (unpaired) electrons. The molecule has 5 heteroatoms. The molecular formula is C12H23ClN2O2. The minimum atomic E-state index is -0.326. The van der Waals surface area contributed by atoms with E-state index >= 15 is 0 Å². The Bertz CT molecular complexity index is 253. The summed E-state index contributed by atoms with van der Waals surface area (Å²) in [5.74, 6) is 1.15. The fourth-order valence-corrected chi connectivity index (χ4v) is 2.31. The van der Waals surface area contributed by atoms with Crippen molar-refractivity contribution in [1.29, 1.82) is 0 Å². The van der Waals surface area contributed by atoms with Gasteiger partial charge in [0.1, 0.15) is 0 Å². The van der Waals surface area contributed by atoms with Crippen molar-refractivity contribution in [3.63, 3.8) is 0 Å². The second kappa shape index (κ2) is 6.57. The lowest BCUT2D eigenvalue weighted by Crippen LogP contribution is -2.48. The van der Waals surface area contributed by atoms with Crippen LogP contribution in [-0.4, -0.2) is 43.7 Å². The highest BCUT2D eigenvalue weighted by atomic mass is 35.5. The normalized spacial score (nSPS) is 22.7. The van der Waals surface area contributed by atoms with Gasteiger partial charge < -0.3 is 15.4 Å². The number of halogens is 1. The Hall–Kier alpha value is -0.320. The van der Waals surface area contributed by atoms with Gasteiger partial charge in [0.25, 0.3) is 0 Å². The summed E-state index contributed by atoms with van der Waals surface area (Å²) in [5, 5.41) is 0. The van der Waals surface area contributed by atoms with Crippen LogP contribution in [-0.2, 0) is 9.53 Å². The van der Waals surface area contributed by atoms with Gasteiger partial charge in [-0.3, -0.25) is 4.79 Å². The van der Waals surface area contributed by atoms with Gasteiger partial charge in [-0.15, -0.1) is 12.4 Å². The first-order valence-corrected chi connectivity index (χ1v) is 6.27. The summed E-state index contributed by atoms with van der Waals surface area (Å²) in [6, 6.07) is -0.326. The van der Waals surface area contributed by atoms with Crippen LogP contribution in [0.2, 0.25) is 0 Å². The van der Waals surface area contributed by atoms with Crippen molar-refractivity contribution in [3.05, 3.63) is 0 Å². The number of carbonyl (C=O) groups is 1. The van der Waals surface area contributed by atoms with Gasteiger partial charge >= 0.3 is 0 Å². The van der Waals surface area contributed by atoms with Crippen LogP contribution in [0.5, 0.6) is 0 Å². The number of carbonyl (C=O) groups excluding carboxylic acids is 1. The Morgan fingerprint density at radius 2 is 1.94 bits per heavy atom. The van der Waals surface area contributed by atoms with E-state index < -0.39 is 0 Å². The predicted molar refractivity (Wildman–Crippen MR) is 69.1 cm³/mol. The number of nitrogens with zero attached hydrogens (tertiary/aromatic N) is 1. The Morgan fingerprint density at radius 3 is 2.47 bits per heavy atom. The standard InChI is InChI=1S/C12H22N2O2.ClH/c1-14(8-9-2-3-9)12(15)11(13)10-4-6-16-7-5-10;/h9-11H,2-8,13H2,1H3;1H. The lowest BCUT2D eigenvalue weighted by molar-refractivity contribution is -0.133. The maximum absolute atomic E-state index is 12.1. The molecule has 0 bridgehead atoms. The fraction of sp³-hybridized carbons (Fsp3) is 0.917. The molecule has 0 aromatic heterocycles. The van der Waals surface area contributed by atoms with Crippen molar-refractivity contribution in [3.8, 4) is 0 Å². The van der Waals surface area contributed by atoms with Crippen molar-refractivity contribution in [1.82, 2.24) is 4.90 Å². The topological polar surface area (TPSA) is 55.6 Å². The van der Waals surface area contributed by atoms with Gasteiger partial charge in [-0.2, -0.15) is 0 Å². The third-order valence-electron chi connectivity index (χ3n) is 3.66. The van der Waals surface area contributed by atoms with Gasteiger partial charge in [0, 0.05) is 26.8 Å². The van der Waals surface area contributed by atoms with Gasteiger partial charge in [0.2, 0.25) is 5.91 Å². The molecule has 17 heavy (non-hydrogen) atoms. The molecule has 0 aromatic rings. The van der Waals surface area contributed by atoms with E-state index in [1.807, 2.05) is 11.9 Å². The van der Waals surface area contributed by atoms with Crippen LogP contribution >= 0.6 is 12.4 Å². The summed E-state index contributed by atoms with van der Waals surface area (Å²) in [5.41, 5.74) is 6.04. The van der Waals surface area contributed by atoms with E-state index in [4.69, 9.17) is 10.5 Å². The SMILES string of the molecule is CN(CC1CC1)C(=O)C(N)C1CCOCC1.Cl. The minimum Gasteiger partial charge on any atom is -0.381 e. The van der Waals surface area contributed by atoms with Gasteiger partial charge in [-0.05, 0) is 37.5 Å². The number of nitrogens with two attached hydrogens (primary N) is 1. The van der Waals surface area contributed by atoms with E-state index in [2.05, 4.69) is 0 Å². The second-order valence-corrected chi connectivity index (χ2v) is 5.14. The van der Waals surface area contributed by atoms with Crippen LogP contribution in [0.3, 0.4) is 0 Å². The second-order valence-electron chi connectivity index (χ2n) is 5.14. The molecule has 0 spiro atoms. The minimum absolute atomic E-state index is 0. The van der Waals surface area contributed by atoms with Crippen molar-refractivity contribution in [2.45, 2.75) is 31.7 Å². The zero-order valence-corrected chi connectivity index (χ0v) is 11.2. The van der Waals surface area contributed by atoms with Crippen LogP contribution in [0, 0.1) is 11.8 Å². The summed E-state index contributed by atoms with van der Waals surface area (Å²) < 4.78 is 5.28. The molecule has 2 fully saturated rings. The lowest BCUT2D eigenvalue weighted by Gasteiger charge is -2.29. The summed E-state index contributed by atoms with van der Waals surface area (Å²) in [6.07, 6.45) is 4.38. The Balaban J connectivity index is 0.00000144. The van der Waals surface area contributed by atoms with Gasteiger partial charge in [-0.1, -0.05) is 0 Å². The van der Waals surface area contributed by atoms with E-state index in [1.54, 1.807) is 0 Å². The molecule has 100 valence electrons. The molecule has 1 amide bonds. The van der Waals surface area contributed by atoms with Crippen LogP contribution in [0.15, 0.2) is 0 Å². The van der Waals surface area contributed by atoms with Gasteiger partial charge in [0.15, 0.2) is 0 Å². The number of hydrogen-bond donors (Lipinski definition) is 1. The number of rotatable bonds is 4. The zero-order chi connectivity index (χ0) is 11.5. The van der Waals surface area contributed by atoms with E-state index in [0.717, 1.165) is 38.5 Å². The number of amides is 1. The average Bonchev–Trinajstić information content (AvgIpc) is 3.12. The van der Waals surface area contributed by atoms with E-state index in [0.29, 0.717) is 5.92 Å². The number of likely N-dealkylation sites (N-methyl/N-ethyl adjacent to an activating group) is 1. The number of hydrogen-bond acceptors (Lipinski definition) is 3. The van der Waals surface area contributed by atoms with Crippen LogP contribution in [0.4, 0.5) is 0 Å². The Labute approximate surface area is 109 Å². The Kier molecular flexibility index (Phi) is 5.70. The van der Waals surface area contributed by atoms with Crippen molar-refractivity contribution in [2.24, 2.45) is 17.6 Å². The Morgan fingerprint density at radius 1 is 1.35 bits per heavy atom. The summed E-state index contributed by atoms with van der Waals surface area (Å²) in [6.45, 7) is 2.38. The largest absolute Gasteiger partial charge is 0.381 e. The molecule has 0 aromatic carbocycles. The van der Waals surface area contributed by atoms with E-state index in [9.17, 15) is 4.79 Å². The molecule has 2 rings (SSSR count). The van der Waals surface area contributed by atoms with Crippen LogP contribution < -0.4 is 5.73 Å². The third-order valence-corrected chi connectivity index (χ3v) is 3.66. The highest BCUT2D eigenvalue weighted by Gasteiger charge is 2.31. The maximum atomic E-state index is 12.1. The molecule has 4 nitrogen and oxygen atoms in total. The molecule has 1 saturated heterocycles. The first kappa shape index (κ1) is 14.7. The molecule has 1 aliphatic heterocycles. The average molecular weight is 263 g/mol. The summed E-state index contributed by atoms with van der Waals surface area (Å²) >= 11 is 0. The highest BCUT2D eigenvalue weighted by Crippen LogP contribution is 2.29. The first-order valence-electron chi connectivity index (χ1n) is 6.27. The molecule has 1 aliphatic carbocycles. The number of ether oxygens (including phenoxy) is 1. The molecule has 1 heterocycles. The van der Waals surface area contributed by atoms with Gasteiger partial charge in [-0.25, -0.2) is 0 Å². The molecule has 1 unspecified atom stereocenters. The monoisotopic (exact) mass is 262 g/mol. The van der Waals surface area contributed by atoms with Gasteiger partial charge in [0.05, 0.1) is 6.04 Å². The maximum Gasteiger partial charge on any atom is 0.239 e. The molecule has 2 N–H and O–H groups in total. The molecule has 1 atom stereocenters. The molecule has 2 aliphatic rings. The molecular weight excluding hydrogens is 240 g/mol. The van der Waals surface area contributed by atoms with Crippen molar-refractivity contribution in [2.75, 3.05) is 26.8 Å². The fourth-order valence-electron chi connectivity index (χ4n) is 2.31. The van der Waals surface area contributed by atoms with Crippen molar-refractivity contribution >= 4 is 18.3 Å². The highest BCUT2D eigenvalue weighted by molar-refractivity contribution is 5.85. The summed E-state index contributed by atoms with van der Waals surface area (Å²) in [4.78, 5) is 13.9. The van der Waals surface area contributed by atoms with Crippen LogP contribution in [0.25, 0.3) is 0 Å². The third kappa shape index (κ3) is 4.12. The van der Waals surface area contributed by atoms with E-state index in [1.165, 1.54) is 12.8 Å². The smallest absolute Gasteiger partial charge is 0.239 e. The van der Waals surface area contributed by atoms with Crippen LogP contribution in [0.1, 0.15) is 25.7 Å². The zero-order valence-electron chi connectivity index (χ0n) is 10.4. The quantitative estimate of drug-likeness (QED) is 0.823. The first-order chi connectivity index (χ1) is 7.68. The predicted octanol–water partition coefficient (Wildman–Crippen LogP) is 1.03.